The standard InChI is InChI=1S/C12H14ClF4NOS/c1-11(2,3)20(19)18-10(12(15,16)17)8-6-7(13)4-5-9(8)14/h4-6,10,18H,1-3H3/t10-,20-/m1/s1. The van der Waals surface area contributed by atoms with E-state index in [1.165, 1.54) is 20.8 Å². The van der Waals surface area contributed by atoms with E-state index in [1.54, 1.807) is 0 Å². The number of alkyl halides is 3. The van der Waals surface area contributed by atoms with Crippen molar-refractivity contribution in [2.75, 3.05) is 0 Å². The lowest BCUT2D eigenvalue weighted by Gasteiger charge is -2.26. The molecule has 8 heteroatoms. The number of benzene rings is 1. The van der Waals surface area contributed by atoms with Crippen molar-refractivity contribution < 1.29 is 21.8 Å². The van der Waals surface area contributed by atoms with Crippen molar-refractivity contribution in [1.29, 1.82) is 0 Å². The van der Waals surface area contributed by atoms with Gasteiger partial charge in [0.05, 0.1) is 15.7 Å². The van der Waals surface area contributed by atoms with Crippen molar-refractivity contribution in [3.8, 4) is 0 Å². The average Bonchev–Trinajstić information content (AvgIpc) is 2.26. The SMILES string of the molecule is CC(C)(C)[S@@](=O)N[C@H](c1cc(Cl)ccc1F)C(F)(F)F. The molecular weight excluding hydrogens is 318 g/mol. The molecule has 20 heavy (non-hydrogen) atoms. The summed E-state index contributed by atoms with van der Waals surface area (Å²) >= 11 is 5.60. The molecule has 0 aliphatic rings. The first-order valence-corrected chi connectivity index (χ1v) is 7.15. The molecule has 0 unspecified atom stereocenters. The van der Waals surface area contributed by atoms with E-state index in [0.29, 0.717) is 0 Å². The summed E-state index contributed by atoms with van der Waals surface area (Å²) < 4.78 is 65.6. The smallest absolute Gasteiger partial charge is 0.242 e. The van der Waals surface area contributed by atoms with E-state index in [0.717, 1.165) is 18.2 Å². The summed E-state index contributed by atoms with van der Waals surface area (Å²) in [4.78, 5) is 0. The van der Waals surface area contributed by atoms with Gasteiger partial charge in [0, 0.05) is 10.6 Å². The van der Waals surface area contributed by atoms with Crippen LogP contribution in [0, 0.1) is 5.82 Å². The third-order valence-corrected chi connectivity index (χ3v) is 4.17. The minimum absolute atomic E-state index is 0.0287. The van der Waals surface area contributed by atoms with Crippen LogP contribution in [0.4, 0.5) is 17.6 Å². The molecule has 1 aromatic rings. The fourth-order valence-electron chi connectivity index (χ4n) is 1.33. The van der Waals surface area contributed by atoms with Gasteiger partial charge in [-0.2, -0.15) is 13.2 Å². The van der Waals surface area contributed by atoms with Crippen molar-refractivity contribution in [2.45, 2.75) is 37.7 Å². The molecule has 0 saturated carbocycles. The molecule has 1 rings (SSSR count). The molecule has 2 nitrogen and oxygen atoms in total. The van der Waals surface area contributed by atoms with Crippen LogP contribution in [0.3, 0.4) is 0 Å². The van der Waals surface area contributed by atoms with Crippen LogP contribution in [0.5, 0.6) is 0 Å². The summed E-state index contributed by atoms with van der Waals surface area (Å²) in [7, 11) is -2.01. The lowest BCUT2D eigenvalue weighted by molar-refractivity contribution is -0.153. The number of rotatable bonds is 3. The molecule has 0 fully saturated rings. The van der Waals surface area contributed by atoms with E-state index in [9.17, 15) is 21.8 Å². The fraction of sp³-hybridized carbons (Fsp3) is 0.500. The van der Waals surface area contributed by atoms with Crippen LogP contribution in [0.2, 0.25) is 5.02 Å². The second kappa shape index (κ2) is 5.99. The van der Waals surface area contributed by atoms with E-state index < -0.39 is 39.3 Å². The zero-order chi connectivity index (χ0) is 15.7. The predicted molar refractivity (Wildman–Crippen MR) is 71.2 cm³/mol. The van der Waals surface area contributed by atoms with Gasteiger partial charge in [0.25, 0.3) is 0 Å². The third-order valence-electron chi connectivity index (χ3n) is 2.38. The zero-order valence-electron chi connectivity index (χ0n) is 11.0. The van der Waals surface area contributed by atoms with Crippen molar-refractivity contribution in [3.63, 3.8) is 0 Å². The topological polar surface area (TPSA) is 29.1 Å². The van der Waals surface area contributed by atoms with Gasteiger partial charge in [0.2, 0.25) is 0 Å². The molecule has 1 N–H and O–H groups in total. The first-order valence-electron chi connectivity index (χ1n) is 5.62. The summed E-state index contributed by atoms with van der Waals surface area (Å²) in [6.07, 6.45) is -4.80. The van der Waals surface area contributed by atoms with Gasteiger partial charge in [-0.1, -0.05) is 11.6 Å². The molecule has 0 bridgehead atoms. The first-order chi connectivity index (χ1) is 8.93. The summed E-state index contributed by atoms with van der Waals surface area (Å²) in [5.74, 6) is -1.06. The van der Waals surface area contributed by atoms with Gasteiger partial charge in [-0.15, -0.1) is 0 Å². The summed E-state index contributed by atoms with van der Waals surface area (Å²) in [6, 6.07) is 0.482. The fourth-order valence-corrected chi connectivity index (χ4v) is 2.34. The Morgan fingerprint density at radius 1 is 1.25 bits per heavy atom. The average molecular weight is 332 g/mol. The van der Waals surface area contributed by atoms with E-state index in [2.05, 4.69) is 0 Å². The normalized spacial score (nSPS) is 16.0. The van der Waals surface area contributed by atoms with Gasteiger partial charge >= 0.3 is 6.18 Å². The maximum atomic E-state index is 13.6. The van der Waals surface area contributed by atoms with Crippen molar-refractivity contribution in [2.24, 2.45) is 0 Å². The molecular formula is C12H14ClF4NOS. The van der Waals surface area contributed by atoms with Crippen LogP contribution in [0.1, 0.15) is 32.4 Å². The van der Waals surface area contributed by atoms with Gasteiger partial charge in [0.1, 0.15) is 11.9 Å². The minimum atomic E-state index is -4.80. The Bertz CT molecular complexity index is 513. The van der Waals surface area contributed by atoms with Gasteiger partial charge in [-0.25, -0.2) is 13.3 Å². The lowest BCUT2D eigenvalue weighted by Crippen LogP contribution is -2.42. The van der Waals surface area contributed by atoms with Crippen LogP contribution in [0.25, 0.3) is 0 Å². The highest BCUT2D eigenvalue weighted by atomic mass is 35.5. The highest BCUT2D eigenvalue weighted by Crippen LogP contribution is 2.36. The molecule has 0 aliphatic heterocycles. The quantitative estimate of drug-likeness (QED) is 0.829. The first kappa shape index (κ1) is 17.4. The molecule has 0 saturated heterocycles. The van der Waals surface area contributed by atoms with Crippen LogP contribution in [0.15, 0.2) is 18.2 Å². The van der Waals surface area contributed by atoms with Gasteiger partial charge in [-0.05, 0) is 39.0 Å². The second-order valence-electron chi connectivity index (χ2n) is 5.14. The maximum absolute atomic E-state index is 13.6. The molecule has 114 valence electrons. The largest absolute Gasteiger partial charge is 0.408 e. The lowest BCUT2D eigenvalue weighted by atomic mass is 10.1. The van der Waals surface area contributed by atoms with Crippen LogP contribution in [-0.2, 0) is 11.0 Å². The van der Waals surface area contributed by atoms with E-state index in [4.69, 9.17) is 11.6 Å². The van der Waals surface area contributed by atoms with Crippen LogP contribution >= 0.6 is 11.6 Å². The Kier molecular flexibility index (Phi) is 5.21. The molecule has 0 amide bonds. The van der Waals surface area contributed by atoms with Gasteiger partial charge < -0.3 is 0 Å². The molecule has 0 heterocycles. The van der Waals surface area contributed by atoms with Gasteiger partial charge in [0.15, 0.2) is 0 Å². The highest BCUT2D eigenvalue weighted by molar-refractivity contribution is 7.84. The molecule has 0 aliphatic carbocycles. The van der Waals surface area contributed by atoms with Crippen LogP contribution < -0.4 is 4.72 Å². The monoisotopic (exact) mass is 331 g/mol. The van der Waals surface area contributed by atoms with E-state index in [-0.39, 0.29) is 5.02 Å². The Balaban J connectivity index is 3.21. The zero-order valence-corrected chi connectivity index (χ0v) is 12.6. The van der Waals surface area contributed by atoms with Crippen molar-refractivity contribution in [3.05, 3.63) is 34.6 Å². The molecule has 0 aromatic heterocycles. The minimum Gasteiger partial charge on any atom is -0.242 e. The Hall–Kier alpha value is -0.660. The maximum Gasteiger partial charge on any atom is 0.408 e. The van der Waals surface area contributed by atoms with Crippen molar-refractivity contribution >= 4 is 22.6 Å². The van der Waals surface area contributed by atoms with E-state index >= 15 is 0 Å². The number of nitrogens with one attached hydrogen (secondary N) is 1. The Morgan fingerprint density at radius 3 is 2.25 bits per heavy atom. The summed E-state index contributed by atoms with van der Waals surface area (Å²) in [5.41, 5.74) is -0.678. The molecule has 0 radical (unpaired) electrons. The summed E-state index contributed by atoms with van der Waals surface area (Å²) in [6.45, 7) is 4.54. The second-order valence-corrected chi connectivity index (χ2v) is 7.57. The van der Waals surface area contributed by atoms with Gasteiger partial charge in [-0.3, -0.25) is 0 Å². The van der Waals surface area contributed by atoms with E-state index in [1.807, 2.05) is 4.72 Å². The third kappa shape index (κ3) is 4.43. The Morgan fingerprint density at radius 2 is 1.80 bits per heavy atom. The number of hydrogen-bond donors (Lipinski definition) is 1. The number of hydrogen-bond acceptors (Lipinski definition) is 1. The van der Waals surface area contributed by atoms with Crippen LogP contribution in [-0.4, -0.2) is 15.1 Å². The predicted octanol–water partition coefficient (Wildman–Crippen LogP) is 4.13. The number of halogens is 5. The van der Waals surface area contributed by atoms with Crippen molar-refractivity contribution in [1.82, 2.24) is 4.72 Å². The molecule has 1 aromatic carbocycles. The molecule has 0 spiro atoms. The Labute approximate surface area is 122 Å². The summed E-state index contributed by atoms with van der Waals surface area (Å²) in [5, 5.41) is -0.0287. The molecule has 2 atom stereocenters. The highest BCUT2D eigenvalue weighted by Gasteiger charge is 2.44.